The molecule has 0 fully saturated rings. The van der Waals surface area contributed by atoms with Crippen molar-refractivity contribution in [1.82, 2.24) is 0 Å². The van der Waals surface area contributed by atoms with E-state index in [4.69, 9.17) is 14.2 Å². The molecule has 0 heterocycles. The van der Waals surface area contributed by atoms with Crippen molar-refractivity contribution in [2.75, 3.05) is 0 Å². The predicted octanol–water partition coefficient (Wildman–Crippen LogP) is 10.7. The maximum absolute atomic E-state index is 11.5. The molecule has 0 saturated carbocycles. The van der Waals surface area contributed by atoms with Crippen LogP contribution >= 0.6 is 0 Å². The van der Waals surface area contributed by atoms with Gasteiger partial charge in [-0.05, 0) is 96.2 Å². The Morgan fingerprint density at radius 2 is 0.783 bits per heavy atom. The third-order valence-electron chi connectivity index (χ3n) is 8.62. The lowest BCUT2D eigenvalue weighted by molar-refractivity contribution is -0.0704. The number of benzene rings is 4. The Balaban J connectivity index is 1.67. The van der Waals surface area contributed by atoms with Gasteiger partial charge in [0.1, 0.15) is 5.75 Å². The molecule has 0 amide bonds. The summed E-state index contributed by atoms with van der Waals surface area (Å²) >= 11 is 0. The number of hydrogen-bond donors (Lipinski definition) is 1. The minimum Gasteiger partial charge on any atom is -0.508 e. The molecular weight excluding hydrogens is 568 g/mol. The summed E-state index contributed by atoms with van der Waals surface area (Å²) in [6.07, 6.45) is 1.61. The Bertz CT molecular complexity index is 1510. The summed E-state index contributed by atoms with van der Waals surface area (Å²) in [5, 5.41) is 11.5. The topological polar surface area (TPSA) is 47.9 Å². The van der Waals surface area contributed by atoms with Gasteiger partial charge in [-0.1, -0.05) is 97.1 Å². The second kappa shape index (κ2) is 15.0. The molecular formula is C42H54O4. The van der Waals surface area contributed by atoms with Crippen LogP contribution in [0, 0.1) is 0 Å². The van der Waals surface area contributed by atoms with E-state index in [1.54, 1.807) is 0 Å². The molecule has 0 spiro atoms. The normalized spacial score (nSPS) is 14.5. The molecule has 3 unspecified atom stereocenters. The lowest BCUT2D eigenvalue weighted by Gasteiger charge is -2.35. The van der Waals surface area contributed by atoms with Gasteiger partial charge in [0.15, 0.2) is 0 Å². The van der Waals surface area contributed by atoms with E-state index in [1.807, 2.05) is 60.7 Å². The van der Waals surface area contributed by atoms with Crippen molar-refractivity contribution < 1.29 is 19.3 Å². The van der Waals surface area contributed by atoms with Gasteiger partial charge in [-0.3, -0.25) is 0 Å². The summed E-state index contributed by atoms with van der Waals surface area (Å²) in [7, 11) is 0. The van der Waals surface area contributed by atoms with E-state index in [0.717, 1.165) is 33.4 Å². The molecule has 1 N–H and O–H groups in total. The van der Waals surface area contributed by atoms with Gasteiger partial charge in [0.05, 0.1) is 35.1 Å². The highest BCUT2D eigenvalue weighted by Gasteiger charge is 2.32. The standard InChI is InChI=1S/C42H54O4/c1-30(33-19-13-10-14-20-33)44-40(4,5)27-36-25-26-39(43)38(29-42(8,9)46-32(3)35-23-17-12-18-24-35)37(36)28-41(6,7)45-31(2)34-21-15-11-16-22-34/h10-26,30-32,43H,27-29H2,1-9H3. The van der Waals surface area contributed by atoms with Crippen LogP contribution < -0.4 is 0 Å². The molecule has 4 nitrogen and oxygen atoms in total. The fourth-order valence-electron chi connectivity index (χ4n) is 6.56. The van der Waals surface area contributed by atoms with Crippen LogP contribution in [0.4, 0.5) is 0 Å². The lowest BCUT2D eigenvalue weighted by Crippen LogP contribution is -2.34. The highest BCUT2D eigenvalue weighted by molar-refractivity contribution is 5.47. The summed E-state index contributed by atoms with van der Waals surface area (Å²) in [6, 6.07) is 34.8. The second-order valence-corrected chi connectivity index (χ2v) is 14.5. The fourth-order valence-corrected chi connectivity index (χ4v) is 6.56. The summed E-state index contributed by atoms with van der Waals surface area (Å²) in [4.78, 5) is 0. The van der Waals surface area contributed by atoms with Crippen molar-refractivity contribution in [2.24, 2.45) is 0 Å². The first-order valence-corrected chi connectivity index (χ1v) is 16.7. The molecule has 4 rings (SSSR count). The summed E-state index contributed by atoms with van der Waals surface area (Å²) in [6.45, 7) is 19.1. The van der Waals surface area contributed by atoms with Crippen molar-refractivity contribution in [3.63, 3.8) is 0 Å². The molecule has 4 aromatic rings. The first-order chi connectivity index (χ1) is 21.6. The van der Waals surface area contributed by atoms with E-state index in [0.29, 0.717) is 19.3 Å². The number of rotatable bonds is 15. The molecule has 0 aromatic heterocycles. The number of phenolic OH excluding ortho intramolecular Hbond substituents is 1. The van der Waals surface area contributed by atoms with Gasteiger partial charge < -0.3 is 19.3 Å². The van der Waals surface area contributed by atoms with Gasteiger partial charge in [-0.25, -0.2) is 0 Å². The molecule has 0 bridgehead atoms. The van der Waals surface area contributed by atoms with Crippen molar-refractivity contribution in [3.05, 3.63) is 137 Å². The largest absolute Gasteiger partial charge is 0.508 e. The Morgan fingerprint density at radius 1 is 0.457 bits per heavy atom. The molecule has 46 heavy (non-hydrogen) atoms. The lowest BCUT2D eigenvalue weighted by atomic mass is 9.82. The van der Waals surface area contributed by atoms with Gasteiger partial charge in [0.25, 0.3) is 0 Å². The maximum Gasteiger partial charge on any atom is 0.119 e. The molecule has 0 aliphatic rings. The Morgan fingerprint density at radius 3 is 1.15 bits per heavy atom. The van der Waals surface area contributed by atoms with E-state index in [9.17, 15) is 5.11 Å². The van der Waals surface area contributed by atoms with Crippen molar-refractivity contribution in [3.8, 4) is 5.75 Å². The highest BCUT2D eigenvalue weighted by atomic mass is 16.5. The van der Waals surface area contributed by atoms with Crippen LogP contribution in [0.5, 0.6) is 5.75 Å². The Kier molecular flexibility index (Phi) is 11.5. The summed E-state index contributed by atoms with van der Waals surface area (Å²) < 4.78 is 20.1. The fraction of sp³-hybridized carbons (Fsp3) is 0.429. The molecule has 4 aromatic carbocycles. The molecule has 0 aliphatic carbocycles. The average Bonchev–Trinajstić information content (AvgIpc) is 3.00. The van der Waals surface area contributed by atoms with Crippen LogP contribution in [0.15, 0.2) is 103 Å². The van der Waals surface area contributed by atoms with Crippen molar-refractivity contribution in [1.29, 1.82) is 0 Å². The van der Waals surface area contributed by atoms with Crippen LogP contribution in [0.25, 0.3) is 0 Å². The van der Waals surface area contributed by atoms with Gasteiger partial charge in [0, 0.05) is 24.8 Å². The number of hydrogen-bond acceptors (Lipinski definition) is 4. The first-order valence-electron chi connectivity index (χ1n) is 16.7. The van der Waals surface area contributed by atoms with E-state index in [2.05, 4.69) is 105 Å². The van der Waals surface area contributed by atoms with E-state index >= 15 is 0 Å². The molecule has 0 saturated heterocycles. The summed E-state index contributed by atoms with van der Waals surface area (Å²) in [5.74, 6) is 0.283. The average molecular weight is 623 g/mol. The molecule has 3 atom stereocenters. The monoisotopic (exact) mass is 622 g/mol. The van der Waals surface area contributed by atoms with Gasteiger partial charge in [0.2, 0.25) is 0 Å². The third-order valence-corrected chi connectivity index (χ3v) is 8.62. The highest BCUT2D eigenvalue weighted by Crippen LogP contribution is 2.38. The minimum atomic E-state index is -0.545. The van der Waals surface area contributed by atoms with E-state index < -0.39 is 16.8 Å². The van der Waals surface area contributed by atoms with Gasteiger partial charge in [-0.15, -0.1) is 0 Å². The second-order valence-electron chi connectivity index (χ2n) is 14.5. The zero-order valence-corrected chi connectivity index (χ0v) is 29.3. The summed E-state index contributed by atoms with van der Waals surface area (Å²) in [5.41, 5.74) is 5.04. The molecule has 0 aliphatic heterocycles. The van der Waals surface area contributed by atoms with Gasteiger partial charge in [-0.2, -0.15) is 0 Å². The van der Waals surface area contributed by atoms with E-state index in [-0.39, 0.29) is 24.1 Å². The van der Waals surface area contributed by atoms with Crippen LogP contribution in [0.2, 0.25) is 0 Å². The zero-order valence-electron chi connectivity index (χ0n) is 29.3. The minimum absolute atomic E-state index is 0.0606. The molecule has 4 heteroatoms. The Hall–Kier alpha value is -3.44. The first kappa shape index (κ1) is 35.4. The Labute approximate surface area is 277 Å². The van der Waals surface area contributed by atoms with Crippen LogP contribution in [-0.2, 0) is 33.5 Å². The predicted molar refractivity (Wildman–Crippen MR) is 189 cm³/mol. The van der Waals surface area contributed by atoms with Crippen LogP contribution in [0.3, 0.4) is 0 Å². The number of phenols is 1. The third kappa shape index (κ3) is 10.0. The van der Waals surface area contributed by atoms with Crippen molar-refractivity contribution in [2.45, 2.75) is 117 Å². The zero-order chi connectivity index (χ0) is 33.5. The maximum atomic E-state index is 11.5. The smallest absolute Gasteiger partial charge is 0.119 e. The molecule has 246 valence electrons. The van der Waals surface area contributed by atoms with Gasteiger partial charge >= 0.3 is 0 Å². The van der Waals surface area contributed by atoms with E-state index in [1.165, 1.54) is 0 Å². The van der Waals surface area contributed by atoms with Crippen molar-refractivity contribution >= 4 is 0 Å². The number of ether oxygens (including phenoxy) is 3. The van der Waals surface area contributed by atoms with Crippen LogP contribution in [0.1, 0.15) is 114 Å². The SMILES string of the molecule is CC(OC(C)(C)Cc1ccc(O)c(CC(C)(C)OC(C)c2ccccc2)c1CC(C)(C)OC(C)c1ccccc1)c1ccccc1. The molecule has 0 radical (unpaired) electrons. The quantitative estimate of drug-likeness (QED) is 0.143. The number of aromatic hydroxyl groups is 1. The van der Waals surface area contributed by atoms with Crippen LogP contribution in [-0.4, -0.2) is 21.9 Å².